The summed E-state index contributed by atoms with van der Waals surface area (Å²) in [7, 11) is 0. The van der Waals surface area contributed by atoms with Crippen LogP contribution in [-0.4, -0.2) is 18.5 Å². The fourth-order valence-corrected chi connectivity index (χ4v) is 1.68. The van der Waals surface area contributed by atoms with Crippen molar-refractivity contribution in [3.8, 4) is 0 Å². The predicted molar refractivity (Wildman–Crippen MR) is 82.0 cm³/mol. The van der Waals surface area contributed by atoms with Crippen LogP contribution in [0.3, 0.4) is 0 Å². The number of nitrogens with one attached hydrogen (secondary N) is 3. The smallest absolute Gasteiger partial charge is 0.319 e. The molecule has 0 aliphatic heterocycles. The number of amides is 3. The standard InChI is InChI=1S/C15H23N3O2/c1-10(2)7-8-16-15(20)18-14-9-13(17-12(4)19)6-5-11(14)3/h5-6,9-10H,7-8H2,1-4H3,(H,17,19)(H2,16,18,20). The first-order valence-corrected chi connectivity index (χ1v) is 6.81. The van der Waals surface area contributed by atoms with Gasteiger partial charge >= 0.3 is 6.03 Å². The minimum atomic E-state index is -0.228. The molecular weight excluding hydrogens is 254 g/mol. The van der Waals surface area contributed by atoms with Gasteiger partial charge in [-0.3, -0.25) is 4.79 Å². The van der Waals surface area contributed by atoms with E-state index in [1.807, 2.05) is 13.0 Å². The van der Waals surface area contributed by atoms with Crippen LogP contribution in [0.4, 0.5) is 16.2 Å². The Labute approximate surface area is 120 Å². The Morgan fingerprint density at radius 3 is 2.50 bits per heavy atom. The lowest BCUT2D eigenvalue weighted by Gasteiger charge is -2.12. The molecule has 0 heterocycles. The van der Waals surface area contributed by atoms with E-state index in [0.717, 1.165) is 12.0 Å². The highest BCUT2D eigenvalue weighted by molar-refractivity contribution is 5.93. The zero-order valence-electron chi connectivity index (χ0n) is 12.5. The lowest BCUT2D eigenvalue weighted by Crippen LogP contribution is -2.30. The van der Waals surface area contributed by atoms with Crippen molar-refractivity contribution in [3.63, 3.8) is 0 Å². The number of hydrogen-bond donors (Lipinski definition) is 3. The van der Waals surface area contributed by atoms with Gasteiger partial charge in [-0.25, -0.2) is 4.79 Å². The number of carbonyl (C=O) groups excluding carboxylic acids is 2. The molecule has 5 nitrogen and oxygen atoms in total. The molecule has 0 aliphatic rings. The molecule has 1 aromatic carbocycles. The van der Waals surface area contributed by atoms with Gasteiger partial charge in [0.1, 0.15) is 0 Å². The molecule has 0 bridgehead atoms. The molecule has 0 fully saturated rings. The molecule has 0 atom stereocenters. The summed E-state index contributed by atoms with van der Waals surface area (Å²) in [5, 5.41) is 8.30. The van der Waals surface area contributed by atoms with Crippen molar-refractivity contribution in [2.24, 2.45) is 5.92 Å². The van der Waals surface area contributed by atoms with Crippen LogP contribution in [0.15, 0.2) is 18.2 Å². The van der Waals surface area contributed by atoms with E-state index >= 15 is 0 Å². The first-order chi connectivity index (χ1) is 9.38. The molecule has 0 radical (unpaired) electrons. The van der Waals surface area contributed by atoms with E-state index < -0.39 is 0 Å². The molecule has 110 valence electrons. The van der Waals surface area contributed by atoms with Crippen LogP contribution >= 0.6 is 0 Å². The molecule has 3 amide bonds. The second-order valence-corrected chi connectivity index (χ2v) is 5.27. The van der Waals surface area contributed by atoms with Crippen molar-refractivity contribution >= 4 is 23.3 Å². The molecule has 0 saturated heterocycles. The van der Waals surface area contributed by atoms with E-state index in [-0.39, 0.29) is 11.9 Å². The maximum atomic E-state index is 11.8. The minimum Gasteiger partial charge on any atom is -0.338 e. The van der Waals surface area contributed by atoms with Crippen LogP contribution in [0.2, 0.25) is 0 Å². The molecule has 0 unspecified atom stereocenters. The third-order valence-corrected chi connectivity index (χ3v) is 2.81. The van der Waals surface area contributed by atoms with Gasteiger partial charge in [0.25, 0.3) is 0 Å². The van der Waals surface area contributed by atoms with Gasteiger partial charge in [-0.05, 0) is 37.0 Å². The number of aryl methyl sites for hydroxylation is 1. The normalized spacial score (nSPS) is 10.2. The van der Waals surface area contributed by atoms with Crippen LogP contribution in [0.25, 0.3) is 0 Å². The van der Waals surface area contributed by atoms with Crippen LogP contribution in [0, 0.1) is 12.8 Å². The van der Waals surface area contributed by atoms with E-state index in [9.17, 15) is 9.59 Å². The average molecular weight is 277 g/mol. The zero-order chi connectivity index (χ0) is 15.1. The average Bonchev–Trinajstić information content (AvgIpc) is 2.32. The van der Waals surface area contributed by atoms with Gasteiger partial charge < -0.3 is 16.0 Å². The Morgan fingerprint density at radius 1 is 1.20 bits per heavy atom. The summed E-state index contributed by atoms with van der Waals surface area (Å²) in [6.07, 6.45) is 0.943. The summed E-state index contributed by atoms with van der Waals surface area (Å²) >= 11 is 0. The third-order valence-electron chi connectivity index (χ3n) is 2.81. The summed E-state index contributed by atoms with van der Waals surface area (Å²) in [4.78, 5) is 22.8. The highest BCUT2D eigenvalue weighted by atomic mass is 16.2. The zero-order valence-corrected chi connectivity index (χ0v) is 12.5. The van der Waals surface area contributed by atoms with Crippen molar-refractivity contribution in [2.45, 2.75) is 34.1 Å². The van der Waals surface area contributed by atoms with Crippen molar-refractivity contribution < 1.29 is 9.59 Å². The first-order valence-electron chi connectivity index (χ1n) is 6.81. The largest absolute Gasteiger partial charge is 0.338 e. The maximum Gasteiger partial charge on any atom is 0.319 e. The number of urea groups is 1. The number of benzene rings is 1. The molecular formula is C15H23N3O2. The SMILES string of the molecule is CC(=O)Nc1ccc(C)c(NC(=O)NCCC(C)C)c1. The summed E-state index contributed by atoms with van der Waals surface area (Å²) in [5.74, 6) is 0.418. The van der Waals surface area contributed by atoms with E-state index in [4.69, 9.17) is 0 Å². The van der Waals surface area contributed by atoms with Crippen LogP contribution in [-0.2, 0) is 4.79 Å². The molecule has 5 heteroatoms. The Hall–Kier alpha value is -2.04. The van der Waals surface area contributed by atoms with Crippen LogP contribution < -0.4 is 16.0 Å². The van der Waals surface area contributed by atoms with E-state index in [1.165, 1.54) is 6.92 Å². The summed E-state index contributed by atoms with van der Waals surface area (Å²) in [6.45, 7) is 8.22. The fourth-order valence-electron chi connectivity index (χ4n) is 1.68. The quantitative estimate of drug-likeness (QED) is 0.774. The molecule has 3 N–H and O–H groups in total. The Kier molecular flexibility index (Phi) is 6.03. The molecule has 1 aromatic rings. The molecule has 0 saturated carbocycles. The lowest BCUT2D eigenvalue weighted by atomic mass is 10.1. The summed E-state index contributed by atoms with van der Waals surface area (Å²) in [6, 6.07) is 5.18. The summed E-state index contributed by atoms with van der Waals surface area (Å²) in [5.41, 5.74) is 2.30. The van der Waals surface area contributed by atoms with Gasteiger partial charge in [-0.1, -0.05) is 19.9 Å². The Morgan fingerprint density at radius 2 is 1.90 bits per heavy atom. The van der Waals surface area contributed by atoms with Crippen LogP contribution in [0.5, 0.6) is 0 Å². The number of carbonyl (C=O) groups is 2. The highest BCUT2D eigenvalue weighted by Crippen LogP contribution is 2.20. The number of hydrogen-bond acceptors (Lipinski definition) is 2. The maximum absolute atomic E-state index is 11.8. The molecule has 0 aromatic heterocycles. The third kappa shape index (κ3) is 5.73. The van der Waals surface area contributed by atoms with Gasteiger partial charge in [-0.2, -0.15) is 0 Å². The van der Waals surface area contributed by atoms with Crippen molar-refractivity contribution in [3.05, 3.63) is 23.8 Å². The van der Waals surface area contributed by atoms with Gasteiger partial charge in [-0.15, -0.1) is 0 Å². The van der Waals surface area contributed by atoms with Gasteiger partial charge in [0.15, 0.2) is 0 Å². The predicted octanol–water partition coefficient (Wildman–Crippen LogP) is 3.12. The number of anilines is 2. The van der Waals surface area contributed by atoms with E-state index in [1.54, 1.807) is 12.1 Å². The van der Waals surface area contributed by atoms with Crippen molar-refractivity contribution in [1.29, 1.82) is 0 Å². The first kappa shape index (κ1) is 16.0. The lowest BCUT2D eigenvalue weighted by molar-refractivity contribution is -0.114. The van der Waals surface area contributed by atoms with Crippen molar-refractivity contribution in [1.82, 2.24) is 5.32 Å². The molecule has 20 heavy (non-hydrogen) atoms. The summed E-state index contributed by atoms with van der Waals surface area (Å²) < 4.78 is 0. The highest BCUT2D eigenvalue weighted by Gasteiger charge is 2.06. The van der Waals surface area contributed by atoms with Crippen molar-refractivity contribution in [2.75, 3.05) is 17.2 Å². The Bertz CT molecular complexity index is 484. The van der Waals surface area contributed by atoms with Gasteiger partial charge in [0.05, 0.1) is 0 Å². The Balaban J connectivity index is 2.61. The molecule has 0 spiro atoms. The molecule has 0 aliphatic carbocycles. The second-order valence-electron chi connectivity index (χ2n) is 5.27. The van der Waals surface area contributed by atoms with Gasteiger partial charge in [0, 0.05) is 24.8 Å². The minimum absolute atomic E-state index is 0.138. The van der Waals surface area contributed by atoms with E-state index in [2.05, 4.69) is 29.8 Å². The van der Waals surface area contributed by atoms with Gasteiger partial charge in [0.2, 0.25) is 5.91 Å². The topological polar surface area (TPSA) is 70.2 Å². The molecule has 1 rings (SSSR count). The second kappa shape index (κ2) is 7.53. The fraction of sp³-hybridized carbons (Fsp3) is 0.467. The monoisotopic (exact) mass is 277 g/mol. The number of rotatable bonds is 5. The van der Waals surface area contributed by atoms with Crippen LogP contribution in [0.1, 0.15) is 32.8 Å². The van der Waals surface area contributed by atoms with E-state index in [0.29, 0.717) is 23.8 Å².